The van der Waals surface area contributed by atoms with Crippen molar-refractivity contribution in [1.82, 2.24) is 10.3 Å². The van der Waals surface area contributed by atoms with Crippen molar-refractivity contribution in [2.75, 3.05) is 11.9 Å². The van der Waals surface area contributed by atoms with Gasteiger partial charge in [-0.1, -0.05) is 0 Å². The highest BCUT2D eigenvalue weighted by atomic mass is 32.1. The third-order valence-electron chi connectivity index (χ3n) is 2.90. The molecule has 1 aromatic heterocycles. The number of anilines is 1. The second-order valence-corrected chi connectivity index (χ2v) is 5.37. The lowest BCUT2D eigenvalue weighted by molar-refractivity contribution is -0.118. The Kier molecular flexibility index (Phi) is 5.64. The number of rotatable bonds is 5. The summed E-state index contributed by atoms with van der Waals surface area (Å²) in [5, 5.41) is 14.6. The van der Waals surface area contributed by atoms with E-state index in [1.165, 1.54) is 11.6 Å². The van der Waals surface area contributed by atoms with Gasteiger partial charge < -0.3 is 15.7 Å². The zero-order valence-electron chi connectivity index (χ0n) is 11.9. The summed E-state index contributed by atoms with van der Waals surface area (Å²) in [6.45, 7) is -1.00. The van der Waals surface area contributed by atoms with Crippen LogP contribution in [0.2, 0.25) is 0 Å². The molecule has 1 heterocycles. The maximum atomic E-state index is 13.6. The minimum Gasteiger partial charge on any atom is -0.394 e. The van der Waals surface area contributed by atoms with Gasteiger partial charge in [0.2, 0.25) is 5.82 Å². The van der Waals surface area contributed by atoms with E-state index in [0.29, 0.717) is 0 Å². The molecule has 0 aliphatic rings. The van der Waals surface area contributed by atoms with Crippen LogP contribution in [-0.4, -0.2) is 34.6 Å². The largest absolute Gasteiger partial charge is 0.394 e. The number of hydrogen-bond donors (Lipinski definition) is 3. The van der Waals surface area contributed by atoms with Gasteiger partial charge in [0.15, 0.2) is 28.4 Å². The van der Waals surface area contributed by atoms with Gasteiger partial charge in [-0.15, -0.1) is 11.3 Å². The number of hydrogen-bond acceptors (Lipinski definition) is 5. The van der Waals surface area contributed by atoms with Crippen LogP contribution in [-0.2, 0) is 4.79 Å². The average molecular weight is 381 g/mol. The van der Waals surface area contributed by atoms with E-state index in [0.717, 1.165) is 11.3 Å². The van der Waals surface area contributed by atoms with Crippen LogP contribution >= 0.6 is 11.3 Å². The van der Waals surface area contributed by atoms with Gasteiger partial charge in [0.25, 0.3) is 11.8 Å². The number of aromatic nitrogens is 1. The minimum absolute atomic E-state index is 0.105. The molecule has 0 bridgehead atoms. The number of nitrogens with zero attached hydrogens (tertiary/aromatic N) is 1. The number of nitrogens with one attached hydrogen (secondary N) is 2. The average Bonchev–Trinajstić information content (AvgIpc) is 3.09. The molecule has 1 aromatic carbocycles. The summed E-state index contributed by atoms with van der Waals surface area (Å²) in [5.41, 5.74) is -1.77. The monoisotopic (exact) mass is 381 g/mol. The zero-order valence-corrected chi connectivity index (χ0v) is 12.8. The number of carbonyl (C=O) groups excluding carboxylic acids is 2. The highest BCUT2D eigenvalue weighted by Gasteiger charge is 2.31. The first-order valence-corrected chi connectivity index (χ1v) is 7.29. The Balaban J connectivity index is 2.24. The third-order valence-corrected chi connectivity index (χ3v) is 3.59. The molecular weight excluding hydrogens is 373 g/mol. The van der Waals surface area contributed by atoms with Crippen molar-refractivity contribution in [3.8, 4) is 0 Å². The molecule has 1 unspecified atom stereocenters. The van der Waals surface area contributed by atoms with Crippen LogP contribution < -0.4 is 10.6 Å². The van der Waals surface area contributed by atoms with Crippen LogP contribution in [0.3, 0.4) is 0 Å². The lowest BCUT2D eigenvalue weighted by atomic mass is 10.1. The molecule has 134 valence electrons. The fraction of sp³-hybridized carbons (Fsp3) is 0.154. The maximum absolute atomic E-state index is 13.6. The van der Waals surface area contributed by atoms with Gasteiger partial charge in [0, 0.05) is 11.6 Å². The molecule has 1 atom stereocenters. The Morgan fingerprint density at radius 1 is 1.08 bits per heavy atom. The van der Waals surface area contributed by atoms with Crippen LogP contribution in [0.25, 0.3) is 0 Å². The molecule has 25 heavy (non-hydrogen) atoms. The smallest absolute Gasteiger partial charge is 0.258 e. The number of benzene rings is 1. The summed E-state index contributed by atoms with van der Waals surface area (Å²) >= 11 is 1.01. The fourth-order valence-corrected chi connectivity index (χ4v) is 2.24. The van der Waals surface area contributed by atoms with Crippen molar-refractivity contribution in [3.63, 3.8) is 0 Å². The van der Waals surface area contributed by atoms with Crippen LogP contribution in [0.1, 0.15) is 10.4 Å². The lowest BCUT2D eigenvalue weighted by Crippen LogP contribution is -2.46. The van der Waals surface area contributed by atoms with Gasteiger partial charge in [-0.3, -0.25) is 9.59 Å². The molecule has 12 heteroatoms. The first-order chi connectivity index (χ1) is 11.8. The summed E-state index contributed by atoms with van der Waals surface area (Å²) < 4.78 is 66.3. The molecule has 0 saturated carbocycles. The second kappa shape index (κ2) is 7.53. The molecule has 6 nitrogen and oxygen atoms in total. The highest BCUT2D eigenvalue weighted by Crippen LogP contribution is 2.23. The van der Waals surface area contributed by atoms with E-state index in [2.05, 4.69) is 10.3 Å². The van der Waals surface area contributed by atoms with Gasteiger partial charge in [0.05, 0.1) is 6.61 Å². The van der Waals surface area contributed by atoms with E-state index in [9.17, 15) is 31.5 Å². The third kappa shape index (κ3) is 3.74. The second-order valence-electron chi connectivity index (χ2n) is 4.48. The van der Waals surface area contributed by atoms with E-state index >= 15 is 0 Å². The summed E-state index contributed by atoms with van der Waals surface area (Å²) in [6.07, 6.45) is 1.35. The number of aliphatic hydroxyl groups is 1. The van der Waals surface area contributed by atoms with Crippen LogP contribution in [0.5, 0.6) is 0 Å². The molecule has 0 spiro atoms. The van der Waals surface area contributed by atoms with Crippen molar-refractivity contribution >= 4 is 28.3 Å². The minimum atomic E-state index is -2.42. The predicted molar refractivity (Wildman–Crippen MR) is 75.3 cm³/mol. The van der Waals surface area contributed by atoms with Crippen molar-refractivity contribution < 1.29 is 36.6 Å². The van der Waals surface area contributed by atoms with E-state index in [1.807, 2.05) is 0 Å². The zero-order chi connectivity index (χ0) is 18.7. The Bertz CT molecular complexity index is 787. The first-order valence-electron chi connectivity index (χ1n) is 6.41. The normalized spacial score (nSPS) is 11.9. The quantitative estimate of drug-likeness (QED) is 0.417. The van der Waals surface area contributed by atoms with Gasteiger partial charge in [0.1, 0.15) is 11.6 Å². The summed E-state index contributed by atoms with van der Waals surface area (Å²) in [6, 6.07) is -1.72. The molecule has 2 aromatic rings. The SMILES string of the molecule is O=C(NC(CO)C(=O)Nc1nccs1)c1c(F)c(F)c(F)c(F)c1F. The fourth-order valence-electron chi connectivity index (χ4n) is 1.71. The van der Waals surface area contributed by atoms with Crippen molar-refractivity contribution in [2.24, 2.45) is 0 Å². The molecule has 2 rings (SSSR count). The molecule has 0 aliphatic heterocycles. The van der Waals surface area contributed by atoms with Gasteiger partial charge in [-0.2, -0.15) is 0 Å². The molecule has 0 saturated heterocycles. The molecular formula is C13H8F5N3O3S. The van der Waals surface area contributed by atoms with E-state index < -0.39 is 59.1 Å². The molecule has 2 amide bonds. The molecule has 0 fully saturated rings. The summed E-state index contributed by atoms with van der Waals surface area (Å²) in [7, 11) is 0. The standard InChI is InChI=1S/C13H8F5N3O3S/c14-6-5(7(15)9(17)10(18)8(6)16)12(24)20-4(3-22)11(23)21-13-19-1-2-25-13/h1-2,4,22H,3H2,(H,20,24)(H,19,21,23). The number of thiazole rings is 1. The number of amides is 2. The first kappa shape index (κ1) is 18.7. The summed E-state index contributed by atoms with van der Waals surface area (Å²) in [5.74, 6) is -14.5. The topological polar surface area (TPSA) is 91.3 Å². The van der Waals surface area contributed by atoms with Crippen molar-refractivity contribution in [1.29, 1.82) is 0 Å². The van der Waals surface area contributed by atoms with E-state index in [-0.39, 0.29) is 5.13 Å². The van der Waals surface area contributed by atoms with E-state index in [4.69, 9.17) is 5.11 Å². The molecule has 3 N–H and O–H groups in total. The Hall–Kier alpha value is -2.60. The van der Waals surface area contributed by atoms with Crippen molar-refractivity contribution in [3.05, 3.63) is 46.2 Å². The predicted octanol–water partition coefficient (Wildman–Crippen LogP) is 1.57. The Morgan fingerprint density at radius 2 is 1.64 bits per heavy atom. The Morgan fingerprint density at radius 3 is 2.12 bits per heavy atom. The van der Waals surface area contributed by atoms with Gasteiger partial charge in [-0.05, 0) is 0 Å². The van der Waals surface area contributed by atoms with Crippen LogP contribution in [0, 0.1) is 29.1 Å². The van der Waals surface area contributed by atoms with Crippen LogP contribution in [0.4, 0.5) is 27.1 Å². The molecule has 0 radical (unpaired) electrons. The van der Waals surface area contributed by atoms with Gasteiger partial charge in [-0.25, -0.2) is 26.9 Å². The van der Waals surface area contributed by atoms with Crippen LogP contribution in [0.15, 0.2) is 11.6 Å². The molecule has 0 aliphatic carbocycles. The number of aliphatic hydroxyl groups excluding tert-OH is 1. The maximum Gasteiger partial charge on any atom is 0.258 e. The number of halogens is 5. The van der Waals surface area contributed by atoms with E-state index in [1.54, 1.807) is 5.32 Å². The Labute approximate surface area is 140 Å². The number of carbonyl (C=O) groups is 2. The highest BCUT2D eigenvalue weighted by molar-refractivity contribution is 7.13. The van der Waals surface area contributed by atoms with Gasteiger partial charge >= 0.3 is 0 Å². The lowest BCUT2D eigenvalue weighted by Gasteiger charge is -2.16. The van der Waals surface area contributed by atoms with Crippen molar-refractivity contribution in [2.45, 2.75) is 6.04 Å². The summed E-state index contributed by atoms with van der Waals surface area (Å²) in [4.78, 5) is 27.4.